The molecule has 0 amide bonds. The van der Waals surface area contributed by atoms with Crippen LogP contribution in [0.3, 0.4) is 0 Å². The number of hydrogen-bond donors (Lipinski definition) is 0. The molecule has 1 aromatic heterocycles. The Labute approximate surface area is 132 Å². The molecule has 1 aromatic rings. The average Bonchev–Trinajstić information content (AvgIpc) is 2.43. The van der Waals surface area contributed by atoms with Gasteiger partial charge in [0.1, 0.15) is 17.7 Å². The van der Waals surface area contributed by atoms with Gasteiger partial charge in [0.15, 0.2) is 12.4 Å². The molecule has 0 unspecified atom stereocenters. The topological polar surface area (TPSA) is 56.5 Å². The van der Waals surface area contributed by atoms with E-state index in [9.17, 15) is 9.59 Å². The van der Waals surface area contributed by atoms with E-state index in [1.807, 2.05) is 30.7 Å². The minimum absolute atomic E-state index is 0.249. The lowest BCUT2D eigenvalue weighted by molar-refractivity contribution is -0.697. The van der Waals surface area contributed by atoms with Crippen molar-refractivity contribution in [1.82, 2.24) is 0 Å². The Hall–Kier alpha value is -1.91. The molecular weight excluding hydrogens is 282 g/mol. The van der Waals surface area contributed by atoms with Crippen LogP contribution in [-0.4, -0.2) is 24.1 Å². The molecule has 0 saturated carbocycles. The largest absolute Gasteiger partial charge is 0.462 e. The highest BCUT2D eigenvalue weighted by molar-refractivity contribution is 5.88. The molecule has 0 aromatic carbocycles. The molecule has 0 bridgehead atoms. The van der Waals surface area contributed by atoms with Gasteiger partial charge in [-0.15, -0.1) is 0 Å². The molecule has 0 spiro atoms. The van der Waals surface area contributed by atoms with E-state index in [0.717, 1.165) is 25.8 Å². The predicted molar refractivity (Wildman–Crippen MR) is 82.3 cm³/mol. The van der Waals surface area contributed by atoms with Crippen molar-refractivity contribution in [3.05, 3.63) is 30.1 Å². The number of hydrogen-bond acceptors (Lipinski definition) is 4. The van der Waals surface area contributed by atoms with Gasteiger partial charge in [-0.3, -0.25) is 4.79 Å². The van der Waals surface area contributed by atoms with Gasteiger partial charge in [0.25, 0.3) is 0 Å². The fraction of sp³-hybridized carbons (Fsp3) is 0.588. The van der Waals surface area contributed by atoms with Gasteiger partial charge < -0.3 is 9.47 Å². The van der Waals surface area contributed by atoms with Gasteiger partial charge in [0.2, 0.25) is 0 Å². The Bertz CT molecular complexity index is 511. The second-order valence-corrected chi connectivity index (χ2v) is 5.86. The smallest absolute Gasteiger partial charge is 0.344 e. The summed E-state index contributed by atoms with van der Waals surface area (Å²) in [7, 11) is 0. The van der Waals surface area contributed by atoms with Crippen LogP contribution in [0.5, 0.6) is 0 Å². The number of unbranched alkanes of at least 4 members (excludes halogenated alkanes) is 1. The van der Waals surface area contributed by atoms with Crippen LogP contribution in [-0.2, 0) is 20.8 Å². The molecule has 5 nitrogen and oxygen atoms in total. The van der Waals surface area contributed by atoms with Gasteiger partial charge >= 0.3 is 11.9 Å². The summed E-state index contributed by atoms with van der Waals surface area (Å²) in [5.41, 5.74) is 0.133. The van der Waals surface area contributed by atoms with Crippen LogP contribution in [0.2, 0.25) is 0 Å². The van der Waals surface area contributed by atoms with Gasteiger partial charge in [-0.05, 0) is 39.7 Å². The predicted octanol–water partition coefficient (Wildman–Crippen LogP) is 2.66. The molecule has 22 heavy (non-hydrogen) atoms. The zero-order valence-corrected chi connectivity index (χ0v) is 13.9. The lowest BCUT2D eigenvalue weighted by Crippen LogP contribution is -2.34. The number of esters is 2. The molecule has 0 aliphatic heterocycles. The van der Waals surface area contributed by atoms with Crippen LogP contribution in [0.4, 0.5) is 0 Å². The maximum atomic E-state index is 11.7. The molecule has 0 atom stereocenters. The Balaban J connectivity index is 2.44. The van der Waals surface area contributed by atoms with Gasteiger partial charge in [-0.1, -0.05) is 0 Å². The fourth-order valence-electron chi connectivity index (χ4n) is 2.28. The van der Waals surface area contributed by atoms with Crippen molar-refractivity contribution < 1.29 is 23.6 Å². The molecule has 5 heteroatoms. The number of aromatic nitrogens is 1. The summed E-state index contributed by atoms with van der Waals surface area (Å²) in [6.45, 7) is 8.24. The first-order valence-corrected chi connectivity index (χ1v) is 7.70. The number of aryl methyl sites for hydroxylation is 1. The Kier molecular flexibility index (Phi) is 7.02. The van der Waals surface area contributed by atoms with Crippen LogP contribution in [0.25, 0.3) is 0 Å². The van der Waals surface area contributed by atoms with E-state index in [4.69, 9.17) is 9.47 Å². The van der Waals surface area contributed by atoms with Gasteiger partial charge in [0.05, 0.1) is 6.61 Å². The first kappa shape index (κ1) is 18.1. The lowest BCUT2D eigenvalue weighted by atomic mass is 10.0. The highest BCUT2D eigenvalue weighted by Crippen LogP contribution is 2.18. The quantitative estimate of drug-likeness (QED) is 0.421. The molecule has 0 radical (unpaired) electrons. The van der Waals surface area contributed by atoms with Crippen LogP contribution >= 0.6 is 0 Å². The van der Waals surface area contributed by atoms with Gasteiger partial charge in [-0.2, -0.15) is 0 Å². The van der Waals surface area contributed by atoms with E-state index in [2.05, 4.69) is 0 Å². The molecular formula is C17H26NO4+. The van der Waals surface area contributed by atoms with Crippen LogP contribution in [0.1, 0.15) is 57.3 Å². The lowest BCUT2D eigenvalue weighted by Gasteiger charge is -2.23. The highest BCUT2D eigenvalue weighted by Gasteiger charge is 2.20. The summed E-state index contributed by atoms with van der Waals surface area (Å²) in [4.78, 5) is 22.7. The van der Waals surface area contributed by atoms with Crippen molar-refractivity contribution >= 4 is 11.9 Å². The third-order valence-corrected chi connectivity index (χ3v) is 3.23. The zero-order valence-electron chi connectivity index (χ0n) is 13.9. The van der Waals surface area contributed by atoms with Crippen molar-refractivity contribution in [2.24, 2.45) is 0 Å². The first-order chi connectivity index (χ1) is 10.3. The van der Waals surface area contributed by atoms with Crippen LogP contribution in [0, 0.1) is 0 Å². The normalized spacial score (nSPS) is 11.1. The number of carbonyl (C=O) groups excluding carboxylic acids is 2. The number of ether oxygens (including phenoxy) is 2. The standard InChI is InChI=1S/C17H26NO4/c1-5-21-16(20)15-9-8-12-18(13-15)11-7-6-10-17(3,4)22-14(2)19/h8-9,12-13H,5-7,10-11H2,1-4H3/q+1. The summed E-state index contributed by atoms with van der Waals surface area (Å²) in [6.07, 6.45) is 6.43. The van der Waals surface area contributed by atoms with Gasteiger partial charge in [0, 0.05) is 19.4 Å². The zero-order chi connectivity index (χ0) is 16.6. The van der Waals surface area contributed by atoms with E-state index < -0.39 is 5.60 Å². The maximum absolute atomic E-state index is 11.7. The van der Waals surface area contributed by atoms with E-state index in [1.54, 1.807) is 19.2 Å². The summed E-state index contributed by atoms with van der Waals surface area (Å²) in [5.74, 6) is -0.547. The molecule has 0 aliphatic carbocycles. The van der Waals surface area contributed by atoms with Crippen LogP contribution in [0.15, 0.2) is 24.5 Å². The molecule has 1 rings (SSSR count). The Morgan fingerprint density at radius 3 is 2.64 bits per heavy atom. The van der Waals surface area contributed by atoms with Crippen molar-refractivity contribution in [2.75, 3.05) is 6.61 Å². The second kappa shape index (κ2) is 8.51. The molecule has 1 heterocycles. The molecule has 0 aliphatic rings. The maximum Gasteiger partial charge on any atom is 0.344 e. The number of nitrogens with zero attached hydrogens (tertiary/aromatic N) is 1. The average molecular weight is 308 g/mol. The summed E-state index contributed by atoms with van der Waals surface area (Å²) < 4.78 is 12.2. The fourth-order valence-corrected chi connectivity index (χ4v) is 2.28. The van der Waals surface area contributed by atoms with E-state index in [-0.39, 0.29) is 11.9 Å². The summed E-state index contributed by atoms with van der Waals surface area (Å²) in [6, 6.07) is 3.59. The number of pyridine rings is 1. The molecule has 0 saturated heterocycles. The Morgan fingerprint density at radius 1 is 1.27 bits per heavy atom. The van der Waals surface area contributed by atoms with E-state index >= 15 is 0 Å². The highest BCUT2D eigenvalue weighted by atomic mass is 16.6. The monoisotopic (exact) mass is 308 g/mol. The molecule has 122 valence electrons. The molecule has 0 N–H and O–H groups in total. The first-order valence-electron chi connectivity index (χ1n) is 7.70. The summed E-state index contributed by atoms with van der Waals surface area (Å²) >= 11 is 0. The minimum atomic E-state index is -0.427. The van der Waals surface area contributed by atoms with Gasteiger partial charge in [-0.25, -0.2) is 9.36 Å². The van der Waals surface area contributed by atoms with E-state index in [1.165, 1.54) is 6.92 Å². The summed E-state index contributed by atoms with van der Waals surface area (Å²) in [5, 5.41) is 0. The third kappa shape index (κ3) is 6.70. The Morgan fingerprint density at radius 2 is 2.00 bits per heavy atom. The minimum Gasteiger partial charge on any atom is -0.462 e. The van der Waals surface area contributed by atoms with E-state index in [0.29, 0.717) is 12.2 Å². The van der Waals surface area contributed by atoms with Crippen molar-refractivity contribution in [1.29, 1.82) is 0 Å². The third-order valence-electron chi connectivity index (χ3n) is 3.23. The number of carbonyl (C=O) groups is 2. The second-order valence-electron chi connectivity index (χ2n) is 5.86. The van der Waals surface area contributed by atoms with Crippen molar-refractivity contribution in [2.45, 2.75) is 59.1 Å². The molecule has 0 fully saturated rings. The number of rotatable bonds is 8. The SMILES string of the molecule is CCOC(=O)c1ccc[n+](CCCCC(C)(C)OC(C)=O)c1. The van der Waals surface area contributed by atoms with Crippen molar-refractivity contribution in [3.63, 3.8) is 0 Å². The van der Waals surface area contributed by atoms with Crippen molar-refractivity contribution in [3.8, 4) is 0 Å². The van der Waals surface area contributed by atoms with Crippen LogP contribution < -0.4 is 4.57 Å².